The van der Waals surface area contributed by atoms with Crippen LogP contribution in [0.3, 0.4) is 0 Å². The zero-order valence-corrected chi connectivity index (χ0v) is 45.4. The van der Waals surface area contributed by atoms with Crippen molar-refractivity contribution in [1.82, 2.24) is 30.6 Å². The van der Waals surface area contributed by atoms with Crippen LogP contribution in [0.2, 0.25) is 0 Å². The van der Waals surface area contributed by atoms with Crippen LogP contribution in [0, 0.1) is 0 Å². The molecule has 8 aromatic rings. The minimum atomic E-state index is -0.353. The van der Waals surface area contributed by atoms with Crippen molar-refractivity contribution in [3.05, 3.63) is 167 Å². The molecule has 0 bridgehead atoms. The molecule has 15 nitrogen and oxygen atoms in total. The summed E-state index contributed by atoms with van der Waals surface area (Å²) in [7, 11) is 1.00. The number of rotatable bonds is 10. The highest BCUT2D eigenvalue weighted by atomic mass is 35.5. The molecule has 5 heterocycles. The molecule has 0 unspecified atom stereocenters. The lowest BCUT2D eigenvalue weighted by Gasteiger charge is -2.45. The number of aromatic nitrogens is 4. The molecule has 1 spiro atoms. The normalized spacial score (nSPS) is 18.8. The van der Waals surface area contributed by atoms with Gasteiger partial charge in [0.1, 0.15) is 5.72 Å². The highest BCUT2D eigenvalue weighted by Gasteiger charge is 2.52. The van der Waals surface area contributed by atoms with E-state index in [9.17, 15) is 5.11 Å². The fourth-order valence-corrected chi connectivity index (χ4v) is 10.7. The molecule has 2 aromatic heterocycles. The first-order valence-corrected chi connectivity index (χ1v) is 24.7. The number of hydrogen-bond acceptors (Lipinski definition) is 15. The minimum absolute atomic E-state index is 0. The van der Waals surface area contributed by atoms with Crippen LogP contribution in [0.15, 0.2) is 142 Å². The number of benzene rings is 6. The molecule has 5 aliphatic rings. The first-order chi connectivity index (χ1) is 35.7. The summed E-state index contributed by atoms with van der Waals surface area (Å²) in [6, 6.07) is 45.0. The Labute approximate surface area is 469 Å². The predicted molar refractivity (Wildman–Crippen MR) is 307 cm³/mol. The molecule has 6 aromatic carbocycles. The molecule has 0 amide bonds. The minimum Gasteiger partial charge on any atom is -0.454 e. The molecule has 2 atom stereocenters. The molecule has 1 saturated heterocycles. The van der Waals surface area contributed by atoms with Crippen molar-refractivity contribution in [2.45, 2.75) is 89.7 Å². The number of nitrogens with one attached hydrogen (secondary N) is 1. The molecule has 3 N–H and O–H groups in total. The van der Waals surface area contributed by atoms with Gasteiger partial charge in [-0.1, -0.05) is 80.2 Å². The number of halogens is 1. The number of hydrogen-bond donors (Lipinski definition) is 3. The molecule has 77 heavy (non-hydrogen) atoms. The maximum Gasteiger partial charge on any atom is 0.248 e. The molecular weight excluding hydrogens is 1040 g/mol. The van der Waals surface area contributed by atoms with E-state index in [0.717, 1.165) is 93.3 Å². The van der Waals surface area contributed by atoms with E-state index in [-0.39, 0.29) is 83.8 Å². The molecule has 2 aliphatic carbocycles. The first-order valence-electron chi connectivity index (χ1n) is 24.7. The van der Waals surface area contributed by atoms with Gasteiger partial charge in [0.25, 0.3) is 0 Å². The lowest BCUT2D eigenvalue weighted by Crippen LogP contribution is -2.54. The molecule has 0 radical (unpaired) electrons. The standard InChI is InChI=1S/C30H29N3O4.C27H25N3O4.CH4O.CH4.ClH.2H2S/c1-29(2)33(17-20-6-4-3-5-7-20)30(18-36-29)13-12-21-8-9-22(14-24(21)16-30)27-31-32-28(37-27)23-10-11-25-26(15-23)35-19-34-25;31-16-27(28-15-18-4-2-1-3-5-18)11-10-19-6-7-20(12-22(19)14-27)25-29-30-26(34-25)21-8-9-23-24(13-21)33-17-32-23;1-2;;;;/h3-11,14-15H,12-13,16-19H2,1-2H3;1-9,12-13,28,31H,10-11,14-17H2;2H,1H3;1H4;1H;2*1H2/t30-;27-;;;;;/m00...../s1. The molecule has 0 saturated carbocycles. The Morgan fingerprint density at radius 2 is 1.00 bits per heavy atom. The van der Waals surface area contributed by atoms with Crippen LogP contribution < -0.4 is 24.3 Å². The average Bonchev–Trinajstić information content (AvgIpc) is 4.33. The van der Waals surface area contributed by atoms with Crippen molar-refractivity contribution in [2.75, 3.05) is 33.9 Å². The number of aryl methyl sites for hydroxylation is 2. The zero-order chi connectivity index (χ0) is 50.0. The number of nitrogens with zero attached hydrogens (tertiary/aromatic N) is 5. The van der Waals surface area contributed by atoms with Crippen LogP contribution >= 0.6 is 39.4 Å². The predicted octanol–water partition coefficient (Wildman–Crippen LogP) is 10.7. The molecule has 406 valence electrons. The van der Waals surface area contributed by atoms with Gasteiger partial charge < -0.3 is 48.0 Å². The third-order valence-corrected chi connectivity index (χ3v) is 14.7. The van der Waals surface area contributed by atoms with Crippen molar-refractivity contribution in [1.29, 1.82) is 0 Å². The van der Waals surface area contributed by atoms with Crippen LogP contribution in [-0.4, -0.2) is 86.2 Å². The fourth-order valence-electron chi connectivity index (χ4n) is 10.7. The second kappa shape index (κ2) is 24.9. The van der Waals surface area contributed by atoms with Crippen LogP contribution in [0.5, 0.6) is 23.0 Å². The average molecular weight is 1100 g/mol. The van der Waals surface area contributed by atoms with Gasteiger partial charge >= 0.3 is 0 Å². The largest absolute Gasteiger partial charge is 0.454 e. The van der Waals surface area contributed by atoms with Crippen molar-refractivity contribution in [2.24, 2.45) is 0 Å². The number of aliphatic hydroxyl groups is 2. The van der Waals surface area contributed by atoms with E-state index in [4.69, 9.17) is 37.6 Å². The van der Waals surface area contributed by atoms with Crippen LogP contribution in [0.4, 0.5) is 0 Å². The molecule has 13 rings (SSSR count). The summed E-state index contributed by atoms with van der Waals surface area (Å²) in [5, 5.41) is 38.1. The van der Waals surface area contributed by atoms with Crippen molar-refractivity contribution in [3.63, 3.8) is 0 Å². The summed E-state index contributed by atoms with van der Waals surface area (Å²) in [6.07, 6.45) is 5.55. The number of ether oxygens (including phenoxy) is 5. The van der Waals surface area contributed by atoms with Gasteiger partial charge in [-0.15, -0.1) is 32.8 Å². The van der Waals surface area contributed by atoms with Gasteiger partial charge in [0.15, 0.2) is 23.0 Å². The van der Waals surface area contributed by atoms with Gasteiger partial charge in [-0.25, -0.2) is 0 Å². The van der Waals surface area contributed by atoms with Crippen molar-refractivity contribution in [3.8, 4) is 68.8 Å². The maximum absolute atomic E-state index is 10.3. The zero-order valence-electron chi connectivity index (χ0n) is 42.6. The molecule has 18 heteroatoms. The quantitative estimate of drug-likeness (QED) is 0.118. The van der Waals surface area contributed by atoms with E-state index in [2.05, 4.69) is 117 Å². The highest BCUT2D eigenvalue weighted by molar-refractivity contribution is 7.59. The number of fused-ring (bicyclic) bond motifs is 4. The summed E-state index contributed by atoms with van der Waals surface area (Å²) in [6.45, 7) is 7.22. The highest BCUT2D eigenvalue weighted by Crippen LogP contribution is 2.45. The summed E-state index contributed by atoms with van der Waals surface area (Å²) in [4.78, 5) is 2.56. The number of aliphatic hydroxyl groups excluding tert-OH is 2. The van der Waals surface area contributed by atoms with Gasteiger partial charge in [-0.2, -0.15) is 27.0 Å². The van der Waals surface area contributed by atoms with E-state index >= 15 is 0 Å². The van der Waals surface area contributed by atoms with Gasteiger partial charge in [-0.3, -0.25) is 4.90 Å². The lowest BCUT2D eigenvalue weighted by molar-refractivity contribution is -0.0673. The summed E-state index contributed by atoms with van der Waals surface area (Å²) in [5.41, 5.74) is 10.4. The second-order valence-corrected chi connectivity index (χ2v) is 19.6. The van der Waals surface area contributed by atoms with Crippen LogP contribution in [0.25, 0.3) is 45.8 Å². The van der Waals surface area contributed by atoms with Crippen molar-refractivity contribution < 1.29 is 42.7 Å². The topological polar surface area (TPSA) is 180 Å². The smallest absolute Gasteiger partial charge is 0.248 e. The molecule has 1 fully saturated rings. The lowest BCUT2D eigenvalue weighted by atomic mass is 9.76. The Morgan fingerprint density at radius 3 is 1.52 bits per heavy atom. The Balaban J connectivity index is 0.000000207. The van der Waals surface area contributed by atoms with E-state index in [1.54, 1.807) is 0 Å². The second-order valence-electron chi connectivity index (χ2n) is 19.6. The summed E-state index contributed by atoms with van der Waals surface area (Å²) >= 11 is 0. The summed E-state index contributed by atoms with van der Waals surface area (Å²) < 4.78 is 40.2. The maximum atomic E-state index is 10.3. The van der Waals surface area contributed by atoms with E-state index in [1.165, 1.54) is 33.4 Å². The van der Waals surface area contributed by atoms with Crippen LogP contribution in [0.1, 0.15) is 67.5 Å². The van der Waals surface area contributed by atoms with Gasteiger partial charge in [0.2, 0.25) is 37.1 Å². The Hall–Kier alpha value is -6.41. The van der Waals surface area contributed by atoms with Gasteiger partial charge in [0.05, 0.1) is 18.8 Å². The third kappa shape index (κ3) is 12.2. The first kappa shape index (κ1) is 58.3. The SMILES string of the molecule is C.CC1(C)OC[C@@]2(CCc3ccc(-c4nnc(-c5ccc6c(c5)OCO6)o4)cc3C2)N1Cc1ccccc1.CO.Cl.OC[C@]1(NCc2ccccc2)CCc2ccc(-c3nnc(-c4ccc5c(c4)OCO5)o3)cc2C1.S.S. The van der Waals surface area contributed by atoms with Gasteiger partial charge in [0, 0.05) is 48.0 Å². The molecular formula is C59H67ClN6O9S2. The van der Waals surface area contributed by atoms with E-state index < -0.39 is 0 Å². The third-order valence-electron chi connectivity index (χ3n) is 14.7. The Morgan fingerprint density at radius 1 is 0.545 bits per heavy atom. The summed E-state index contributed by atoms with van der Waals surface area (Å²) in [5.74, 6) is 4.68. The van der Waals surface area contributed by atoms with Gasteiger partial charge in [-0.05, 0) is 146 Å². The Bertz CT molecular complexity index is 3240. The molecule has 3 aliphatic heterocycles. The Kier molecular flexibility index (Phi) is 18.9. The van der Waals surface area contributed by atoms with E-state index in [1.807, 2.05) is 60.7 Å². The van der Waals surface area contributed by atoms with Crippen molar-refractivity contribution >= 4 is 39.4 Å². The van der Waals surface area contributed by atoms with E-state index in [0.29, 0.717) is 40.8 Å². The van der Waals surface area contributed by atoms with Crippen LogP contribution in [-0.2, 0) is 43.5 Å². The monoisotopic (exact) mass is 1100 g/mol. The fraction of sp³-hybridized carbons (Fsp3) is 0.322.